The molecule has 0 atom stereocenters. The van der Waals surface area contributed by atoms with E-state index >= 15 is 0 Å². The number of benzene rings is 3. The standard InChI is InChI=1S/C24H14Cl5NO3S/c25-16-4-1-13(2-5-16)11-30-23(31)21(34-24(30)32)9-14-7-19(28)22(20(29)8-14)33-12-15-3-6-17(26)10-18(15)27/h1-10H,11-12H2/b21-9-. The molecule has 0 N–H and O–H groups in total. The Bertz CT molecular complexity index is 1290. The third kappa shape index (κ3) is 5.85. The van der Waals surface area contributed by atoms with Gasteiger partial charge in [0.2, 0.25) is 0 Å². The number of halogens is 5. The number of rotatable bonds is 6. The van der Waals surface area contributed by atoms with Gasteiger partial charge in [0.15, 0.2) is 5.75 Å². The number of amides is 2. The van der Waals surface area contributed by atoms with Crippen molar-refractivity contribution in [2.24, 2.45) is 0 Å². The average molecular weight is 574 g/mol. The van der Waals surface area contributed by atoms with E-state index in [0.717, 1.165) is 22.9 Å². The highest BCUT2D eigenvalue weighted by Gasteiger charge is 2.35. The van der Waals surface area contributed by atoms with Crippen molar-refractivity contribution in [3.05, 3.63) is 101 Å². The molecule has 3 aromatic carbocycles. The molecule has 0 unspecified atom stereocenters. The van der Waals surface area contributed by atoms with Crippen LogP contribution in [0.2, 0.25) is 25.1 Å². The van der Waals surface area contributed by atoms with E-state index in [1.54, 1.807) is 60.7 Å². The fourth-order valence-electron chi connectivity index (χ4n) is 3.15. The molecule has 1 heterocycles. The van der Waals surface area contributed by atoms with E-state index in [1.807, 2.05) is 0 Å². The smallest absolute Gasteiger partial charge is 0.293 e. The van der Waals surface area contributed by atoms with E-state index in [2.05, 4.69) is 0 Å². The molecule has 0 radical (unpaired) electrons. The van der Waals surface area contributed by atoms with Gasteiger partial charge in [-0.2, -0.15) is 0 Å². The SMILES string of the molecule is O=C1S/C(=C\c2cc(Cl)c(OCc3ccc(Cl)cc3Cl)c(Cl)c2)C(=O)N1Cc1ccc(Cl)cc1. The van der Waals surface area contributed by atoms with Gasteiger partial charge >= 0.3 is 0 Å². The number of hydrogen-bond donors (Lipinski definition) is 0. The molecule has 0 aromatic heterocycles. The Morgan fingerprint density at radius 3 is 2.12 bits per heavy atom. The molecule has 3 aromatic rings. The Balaban J connectivity index is 1.50. The largest absolute Gasteiger partial charge is 0.486 e. The van der Waals surface area contributed by atoms with Crippen LogP contribution in [0, 0.1) is 0 Å². The lowest BCUT2D eigenvalue weighted by Crippen LogP contribution is -2.27. The van der Waals surface area contributed by atoms with Crippen molar-refractivity contribution in [1.29, 1.82) is 0 Å². The lowest BCUT2D eigenvalue weighted by Gasteiger charge is -2.13. The lowest BCUT2D eigenvalue weighted by molar-refractivity contribution is -0.123. The Morgan fingerprint density at radius 1 is 0.824 bits per heavy atom. The first-order chi connectivity index (χ1) is 16.2. The van der Waals surface area contributed by atoms with E-state index in [-0.39, 0.29) is 39.1 Å². The van der Waals surface area contributed by atoms with Crippen LogP contribution in [0.3, 0.4) is 0 Å². The summed E-state index contributed by atoms with van der Waals surface area (Å²) in [5.74, 6) is -0.114. The number of hydrogen-bond acceptors (Lipinski definition) is 4. The second-order valence-corrected chi connectivity index (χ2v) is 10.3. The zero-order valence-electron chi connectivity index (χ0n) is 17.2. The maximum atomic E-state index is 12.8. The van der Waals surface area contributed by atoms with E-state index in [1.165, 1.54) is 4.90 Å². The van der Waals surface area contributed by atoms with Crippen molar-refractivity contribution < 1.29 is 14.3 Å². The van der Waals surface area contributed by atoms with Crippen LogP contribution in [-0.2, 0) is 17.9 Å². The van der Waals surface area contributed by atoms with Crippen LogP contribution in [0.25, 0.3) is 6.08 Å². The molecule has 1 aliphatic heterocycles. The van der Waals surface area contributed by atoms with Crippen molar-refractivity contribution in [3.8, 4) is 5.75 Å². The van der Waals surface area contributed by atoms with Gasteiger partial charge in [0, 0.05) is 20.6 Å². The van der Waals surface area contributed by atoms with Gasteiger partial charge in [0.25, 0.3) is 11.1 Å². The van der Waals surface area contributed by atoms with Gasteiger partial charge < -0.3 is 4.74 Å². The second-order valence-electron chi connectivity index (χ2n) is 7.23. The van der Waals surface area contributed by atoms with E-state index < -0.39 is 5.91 Å². The minimum Gasteiger partial charge on any atom is -0.486 e. The first-order valence-electron chi connectivity index (χ1n) is 9.77. The predicted octanol–water partition coefficient (Wildman–Crippen LogP) is 8.77. The summed E-state index contributed by atoms with van der Waals surface area (Å²) < 4.78 is 5.77. The summed E-state index contributed by atoms with van der Waals surface area (Å²) in [4.78, 5) is 26.7. The van der Waals surface area contributed by atoms with Crippen molar-refractivity contribution in [3.63, 3.8) is 0 Å². The summed E-state index contributed by atoms with van der Waals surface area (Å²) in [7, 11) is 0. The first-order valence-corrected chi connectivity index (χ1v) is 12.5. The molecule has 0 aliphatic carbocycles. The van der Waals surface area contributed by atoms with E-state index in [0.29, 0.717) is 20.6 Å². The van der Waals surface area contributed by atoms with Gasteiger partial charge in [-0.15, -0.1) is 0 Å². The molecule has 174 valence electrons. The van der Waals surface area contributed by atoms with Gasteiger partial charge in [0.1, 0.15) is 6.61 Å². The third-order valence-electron chi connectivity index (χ3n) is 4.83. The predicted molar refractivity (Wildman–Crippen MR) is 140 cm³/mol. The van der Waals surface area contributed by atoms with Crippen LogP contribution < -0.4 is 4.74 Å². The van der Waals surface area contributed by atoms with Gasteiger partial charge in [-0.25, -0.2) is 0 Å². The average Bonchev–Trinajstić information content (AvgIpc) is 3.03. The van der Waals surface area contributed by atoms with Crippen molar-refractivity contribution in [2.75, 3.05) is 0 Å². The molecule has 2 amide bonds. The minimum absolute atomic E-state index is 0.137. The summed E-state index contributed by atoms with van der Waals surface area (Å²) in [5.41, 5.74) is 2.07. The van der Waals surface area contributed by atoms with Crippen LogP contribution in [0.5, 0.6) is 5.75 Å². The molecule has 1 aliphatic rings. The van der Waals surface area contributed by atoms with Crippen LogP contribution >= 0.6 is 69.8 Å². The molecule has 4 nitrogen and oxygen atoms in total. The van der Waals surface area contributed by atoms with Gasteiger partial charge in [-0.1, -0.05) is 76.2 Å². The molecule has 0 bridgehead atoms. The third-order valence-corrected chi connectivity index (χ3v) is 7.14. The summed E-state index contributed by atoms with van der Waals surface area (Å²) in [5, 5.41) is 1.71. The summed E-state index contributed by atoms with van der Waals surface area (Å²) in [6.45, 7) is 0.291. The summed E-state index contributed by atoms with van der Waals surface area (Å²) >= 11 is 31.6. The highest BCUT2D eigenvalue weighted by Crippen LogP contribution is 2.38. The Morgan fingerprint density at radius 2 is 1.47 bits per heavy atom. The summed E-state index contributed by atoms with van der Waals surface area (Å²) in [6.07, 6.45) is 1.57. The lowest BCUT2D eigenvalue weighted by atomic mass is 10.2. The van der Waals surface area contributed by atoms with Crippen LogP contribution in [0.15, 0.2) is 59.5 Å². The number of ether oxygens (including phenoxy) is 1. The zero-order valence-corrected chi connectivity index (χ0v) is 21.8. The zero-order chi connectivity index (χ0) is 24.4. The molecule has 0 spiro atoms. The number of thioether (sulfide) groups is 1. The molecule has 10 heteroatoms. The Kier molecular flexibility index (Phi) is 8.03. The molecule has 0 saturated carbocycles. The minimum atomic E-state index is -0.394. The molecule has 34 heavy (non-hydrogen) atoms. The monoisotopic (exact) mass is 571 g/mol. The topological polar surface area (TPSA) is 46.6 Å². The maximum absolute atomic E-state index is 12.8. The second kappa shape index (κ2) is 10.8. The molecule has 1 fully saturated rings. The van der Waals surface area contributed by atoms with Crippen molar-refractivity contribution in [2.45, 2.75) is 13.2 Å². The van der Waals surface area contributed by atoms with E-state index in [4.69, 9.17) is 62.7 Å². The fraction of sp³-hybridized carbons (Fsp3) is 0.0833. The molecular formula is C24H14Cl5NO3S. The van der Waals surface area contributed by atoms with Crippen molar-refractivity contribution in [1.82, 2.24) is 4.90 Å². The van der Waals surface area contributed by atoms with Gasteiger partial charge in [-0.05, 0) is 65.4 Å². The Hall–Kier alpha value is -1.86. The molecule has 4 rings (SSSR count). The van der Waals surface area contributed by atoms with Crippen molar-refractivity contribution >= 4 is 87.0 Å². The van der Waals surface area contributed by atoms with Crippen LogP contribution in [0.4, 0.5) is 4.79 Å². The van der Waals surface area contributed by atoms with E-state index in [9.17, 15) is 9.59 Å². The van der Waals surface area contributed by atoms with Crippen LogP contribution in [-0.4, -0.2) is 16.0 Å². The quantitative estimate of drug-likeness (QED) is 0.277. The molecular weight excluding hydrogens is 560 g/mol. The highest BCUT2D eigenvalue weighted by molar-refractivity contribution is 8.18. The van der Waals surface area contributed by atoms with Crippen LogP contribution in [0.1, 0.15) is 16.7 Å². The number of nitrogens with zero attached hydrogens (tertiary/aromatic N) is 1. The normalized spacial score (nSPS) is 14.9. The molecule has 1 saturated heterocycles. The fourth-order valence-corrected chi connectivity index (χ4v) is 5.19. The summed E-state index contributed by atoms with van der Waals surface area (Å²) in [6, 6.07) is 15.3. The number of imide groups is 1. The first kappa shape index (κ1) is 25.2. The van der Waals surface area contributed by atoms with Gasteiger partial charge in [0.05, 0.1) is 21.5 Å². The maximum Gasteiger partial charge on any atom is 0.293 e. The van der Waals surface area contributed by atoms with Gasteiger partial charge in [-0.3, -0.25) is 14.5 Å². The number of carbonyl (C=O) groups excluding carboxylic acids is 2. The Labute approximate surface area is 225 Å². The number of carbonyl (C=O) groups is 2. The highest BCUT2D eigenvalue weighted by atomic mass is 35.5.